The van der Waals surface area contributed by atoms with Crippen LogP contribution < -0.4 is 5.73 Å². The number of ether oxygens (including phenoxy) is 1. The van der Waals surface area contributed by atoms with Gasteiger partial charge in [-0.3, -0.25) is 0 Å². The number of aryl methyl sites for hydroxylation is 1. The molecule has 0 saturated carbocycles. The molecule has 20 heavy (non-hydrogen) atoms. The molecule has 0 saturated heterocycles. The summed E-state index contributed by atoms with van der Waals surface area (Å²) >= 11 is 0. The maximum absolute atomic E-state index is 5.72. The Morgan fingerprint density at radius 1 is 1.35 bits per heavy atom. The lowest BCUT2D eigenvalue weighted by Crippen LogP contribution is -1.97. The van der Waals surface area contributed by atoms with E-state index in [4.69, 9.17) is 10.5 Å². The van der Waals surface area contributed by atoms with Gasteiger partial charge in [-0.2, -0.15) is 5.10 Å². The first-order valence-corrected chi connectivity index (χ1v) is 6.71. The second-order valence-electron chi connectivity index (χ2n) is 4.62. The smallest absolute Gasteiger partial charge is 0.221 e. The molecule has 1 aromatic carbocycles. The van der Waals surface area contributed by atoms with Crippen LogP contribution in [0.25, 0.3) is 0 Å². The maximum Gasteiger partial charge on any atom is 0.221 e. The minimum Gasteiger partial charge on any atom is -0.377 e. The Morgan fingerprint density at radius 3 is 2.70 bits per heavy atom. The summed E-state index contributed by atoms with van der Waals surface area (Å²) in [5, 5.41) is 4.27. The van der Waals surface area contributed by atoms with Gasteiger partial charge >= 0.3 is 0 Å². The fourth-order valence-electron chi connectivity index (χ4n) is 1.76. The molecule has 0 aliphatic heterocycles. The van der Waals surface area contributed by atoms with Gasteiger partial charge in [0.15, 0.2) is 0 Å². The molecule has 0 aliphatic carbocycles. The maximum atomic E-state index is 5.72. The minimum atomic E-state index is 0.392. The monoisotopic (exact) mass is 272 g/mol. The molecule has 0 radical (unpaired) electrons. The molecule has 106 valence electrons. The normalized spacial score (nSPS) is 11.3. The van der Waals surface area contributed by atoms with Gasteiger partial charge < -0.3 is 10.5 Å². The largest absolute Gasteiger partial charge is 0.377 e. The van der Waals surface area contributed by atoms with Crippen LogP contribution >= 0.6 is 0 Å². The van der Waals surface area contributed by atoms with Crippen molar-refractivity contribution in [1.82, 2.24) is 9.66 Å². The van der Waals surface area contributed by atoms with E-state index in [0.29, 0.717) is 12.6 Å². The predicted molar refractivity (Wildman–Crippen MR) is 80.8 cm³/mol. The third-order valence-electron chi connectivity index (χ3n) is 2.76. The molecule has 0 aliphatic rings. The number of anilines is 1. The predicted octanol–water partition coefficient (Wildman–Crippen LogP) is 2.58. The summed E-state index contributed by atoms with van der Waals surface area (Å²) in [5.74, 6) is 0.392. The van der Waals surface area contributed by atoms with E-state index in [2.05, 4.69) is 17.0 Å². The lowest BCUT2D eigenvalue weighted by molar-refractivity contribution is 0.121. The van der Waals surface area contributed by atoms with Gasteiger partial charge in [0.2, 0.25) is 5.95 Å². The molecule has 0 fully saturated rings. The van der Waals surface area contributed by atoms with Crippen LogP contribution in [0.3, 0.4) is 0 Å². The molecule has 1 heterocycles. The van der Waals surface area contributed by atoms with Gasteiger partial charge in [-0.25, -0.2) is 9.66 Å². The molecule has 0 unspecified atom stereocenters. The molecule has 0 amide bonds. The molecular weight excluding hydrogens is 252 g/mol. The zero-order chi connectivity index (χ0) is 14.4. The molecule has 0 atom stereocenters. The van der Waals surface area contributed by atoms with Crippen molar-refractivity contribution >= 4 is 12.2 Å². The average Bonchev–Trinajstić information content (AvgIpc) is 2.76. The van der Waals surface area contributed by atoms with E-state index in [1.54, 1.807) is 17.1 Å². The molecule has 2 aromatic rings. The van der Waals surface area contributed by atoms with E-state index in [-0.39, 0.29) is 0 Å². The Labute approximate surface area is 119 Å². The van der Waals surface area contributed by atoms with Gasteiger partial charge in [0.05, 0.1) is 24.7 Å². The molecule has 2 N–H and O–H groups in total. The van der Waals surface area contributed by atoms with Crippen LogP contribution in [-0.2, 0) is 11.3 Å². The highest BCUT2D eigenvalue weighted by atomic mass is 16.5. The minimum absolute atomic E-state index is 0.392. The first kappa shape index (κ1) is 14.3. The van der Waals surface area contributed by atoms with Crippen LogP contribution in [0.5, 0.6) is 0 Å². The van der Waals surface area contributed by atoms with Crippen molar-refractivity contribution in [3.05, 3.63) is 47.3 Å². The standard InChI is InChI=1S/C15H20N4O/c1-3-8-20-11-14-6-4-13(5-7-14)9-17-19-10-12(2)18-15(19)16/h4-7,9-10H,3,8,11H2,1-2H3,(H2,16,18). The first-order chi connectivity index (χ1) is 9.69. The Kier molecular flexibility index (Phi) is 4.90. The molecule has 0 spiro atoms. The molecule has 1 aromatic heterocycles. The number of aromatic nitrogens is 2. The van der Waals surface area contributed by atoms with Crippen LogP contribution in [-0.4, -0.2) is 22.5 Å². The quantitative estimate of drug-likeness (QED) is 0.649. The summed E-state index contributed by atoms with van der Waals surface area (Å²) < 4.78 is 7.06. The van der Waals surface area contributed by atoms with Crippen molar-refractivity contribution in [3.8, 4) is 0 Å². The summed E-state index contributed by atoms with van der Waals surface area (Å²) in [7, 11) is 0. The summed E-state index contributed by atoms with van der Waals surface area (Å²) in [4.78, 5) is 4.09. The number of nitrogens with two attached hydrogens (primary N) is 1. The van der Waals surface area contributed by atoms with Crippen molar-refractivity contribution in [2.45, 2.75) is 26.9 Å². The molecular formula is C15H20N4O. The summed E-state index contributed by atoms with van der Waals surface area (Å²) in [6.45, 7) is 5.43. The number of nitrogens with zero attached hydrogens (tertiary/aromatic N) is 3. The van der Waals surface area contributed by atoms with E-state index in [1.807, 2.05) is 31.2 Å². The molecule has 0 bridgehead atoms. The van der Waals surface area contributed by atoms with Crippen molar-refractivity contribution in [3.63, 3.8) is 0 Å². The van der Waals surface area contributed by atoms with Crippen molar-refractivity contribution in [1.29, 1.82) is 0 Å². The van der Waals surface area contributed by atoms with Crippen LogP contribution in [0, 0.1) is 6.92 Å². The highest BCUT2D eigenvalue weighted by Crippen LogP contribution is 2.06. The van der Waals surface area contributed by atoms with E-state index in [0.717, 1.165) is 29.8 Å². The number of hydrogen-bond acceptors (Lipinski definition) is 4. The first-order valence-electron chi connectivity index (χ1n) is 6.71. The summed E-state index contributed by atoms with van der Waals surface area (Å²) in [6.07, 6.45) is 4.59. The van der Waals surface area contributed by atoms with E-state index in [9.17, 15) is 0 Å². The van der Waals surface area contributed by atoms with Gasteiger partial charge in [0, 0.05) is 6.61 Å². The zero-order valence-electron chi connectivity index (χ0n) is 11.9. The van der Waals surface area contributed by atoms with Crippen LogP contribution in [0.15, 0.2) is 35.6 Å². The molecule has 5 heteroatoms. The number of rotatable bonds is 6. The highest BCUT2D eigenvalue weighted by molar-refractivity contribution is 5.79. The van der Waals surface area contributed by atoms with E-state index in [1.165, 1.54) is 0 Å². The van der Waals surface area contributed by atoms with Crippen LogP contribution in [0.2, 0.25) is 0 Å². The van der Waals surface area contributed by atoms with Crippen LogP contribution in [0.1, 0.15) is 30.2 Å². The second-order valence-corrected chi connectivity index (χ2v) is 4.62. The lowest BCUT2D eigenvalue weighted by atomic mass is 10.1. The summed E-state index contributed by atoms with van der Waals surface area (Å²) in [5.41, 5.74) is 8.74. The zero-order valence-corrected chi connectivity index (χ0v) is 11.9. The van der Waals surface area contributed by atoms with Crippen molar-refractivity contribution in [2.24, 2.45) is 5.10 Å². The van der Waals surface area contributed by atoms with Crippen molar-refractivity contribution in [2.75, 3.05) is 12.3 Å². The van der Waals surface area contributed by atoms with Gasteiger partial charge in [-0.15, -0.1) is 0 Å². The lowest BCUT2D eigenvalue weighted by Gasteiger charge is -2.03. The van der Waals surface area contributed by atoms with E-state index >= 15 is 0 Å². The number of hydrogen-bond donors (Lipinski definition) is 1. The van der Waals surface area contributed by atoms with Gasteiger partial charge in [-0.05, 0) is 24.5 Å². The molecule has 2 rings (SSSR count). The summed E-state index contributed by atoms with van der Waals surface area (Å²) in [6, 6.07) is 8.10. The third-order valence-corrected chi connectivity index (χ3v) is 2.76. The van der Waals surface area contributed by atoms with Crippen molar-refractivity contribution < 1.29 is 4.74 Å². The highest BCUT2D eigenvalue weighted by Gasteiger charge is 1.98. The SMILES string of the molecule is CCCOCc1ccc(C=Nn2cc(C)nc2N)cc1. The van der Waals surface area contributed by atoms with Gasteiger partial charge in [-0.1, -0.05) is 31.2 Å². The Bertz CT molecular complexity index is 572. The average molecular weight is 272 g/mol. The van der Waals surface area contributed by atoms with Gasteiger partial charge in [0.1, 0.15) is 0 Å². The Morgan fingerprint density at radius 2 is 2.10 bits per heavy atom. The number of nitrogen functional groups attached to an aromatic ring is 1. The Balaban J connectivity index is 1.98. The Hall–Kier alpha value is -2.14. The second kappa shape index (κ2) is 6.86. The third kappa shape index (κ3) is 3.93. The number of benzene rings is 1. The van der Waals surface area contributed by atoms with E-state index < -0.39 is 0 Å². The molecule has 5 nitrogen and oxygen atoms in total. The van der Waals surface area contributed by atoms with Crippen LogP contribution in [0.4, 0.5) is 5.95 Å². The van der Waals surface area contributed by atoms with Gasteiger partial charge in [0.25, 0.3) is 0 Å². The fraction of sp³-hybridized carbons (Fsp3) is 0.333. The topological polar surface area (TPSA) is 65.4 Å². The number of imidazole rings is 1. The fourth-order valence-corrected chi connectivity index (χ4v) is 1.76.